The first-order valence-electron chi connectivity index (χ1n) is 7.99. The average Bonchev–Trinajstić information content (AvgIpc) is 2.59. The lowest BCUT2D eigenvalue weighted by atomic mass is 10.00. The van der Waals surface area contributed by atoms with Gasteiger partial charge in [-0.05, 0) is 42.5 Å². The molecule has 0 N–H and O–H groups in total. The third kappa shape index (κ3) is 4.63. The molecule has 0 aliphatic carbocycles. The number of carbonyl (C=O) groups excluding carboxylic acids is 1. The predicted molar refractivity (Wildman–Crippen MR) is 91.7 cm³/mol. The maximum absolute atomic E-state index is 10.8. The Hall–Kier alpha value is -2.74. The lowest BCUT2D eigenvalue weighted by Crippen LogP contribution is -2.11. The third-order valence-corrected chi connectivity index (χ3v) is 3.57. The summed E-state index contributed by atoms with van der Waals surface area (Å²) in [7, 11) is 0. The third-order valence-electron chi connectivity index (χ3n) is 3.57. The number of carbonyl (C=O) groups is 1. The number of benzene rings is 1. The van der Waals surface area contributed by atoms with Gasteiger partial charge in [0.25, 0.3) is 0 Å². The lowest BCUT2D eigenvalue weighted by molar-refractivity contribution is 0.111. The van der Waals surface area contributed by atoms with E-state index in [0.717, 1.165) is 12.0 Å². The molecule has 1 heterocycles. The summed E-state index contributed by atoms with van der Waals surface area (Å²) in [6.45, 7) is 7.08. The second-order valence-electron chi connectivity index (χ2n) is 6.29. The molecule has 0 spiro atoms. The van der Waals surface area contributed by atoms with Crippen LogP contribution >= 0.6 is 0 Å². The first-order chi connectivity index (χ1) is 11.5. The van der Waals surface area contributed by atoms with Crippen molar-refractivity contribution in [2.24, 2.45) is 11.8 Å². The van der Waals surface area contributed by atoms with E-state index in [0.29, 0.717) is 41.7 Å². The van der Waals surface area contributed by atoms with E-state index in [9.17, 15) is 10.1 Å². The van der Waals surface area contributed by atoms with Crippen molar-refractivity contribution in [2.75, 3.05) is 6.61 Å². The van der Waals surface area contributed by atoms with Crippen molar-refractivity contribution in [1.29, 1.82) is 5.26 Å². The van der Waals surface area contributed by atoms with Gasteiger partial charge in [0, 0.05) is 11.8 Å². The van der Waals surface area contributed by atoms with Crippen LogP contribution in [-0.2, 0) is 0 Å². The van der Waals surface area contributed by atoms with Crippen LogP contribution in [0.25, 0.3) is 11.3 Å². The van der Waals surface area contributed by atoms with Gasteiger partial charge in [-0.1, -0.05) is 20.8 Å². The highest BCUT2D eigenvalue weighted by Crippen LogP contribution is 2.26. The molecule has 0 aliphatic heterocycles. The van der Waals surface area contributed by atoms with Gasteiger partial charge in [0.2, 0.25) is 0 Å². The molecule has 24 heavy (non-hydrogen) atoms. The van der Waals surface area contributed by atoms with E-state index >= 15 is 0 Å². The van der Waals surface area contributed by atoms with Gasteiger partial charge in [-0.2, -0.15) is 5.26 Å². The summed E-state index contributed by atoms with van der Waals surface area (Å²) in [4.78, 5) is 18.8. The topological polar surface area (TPSA) is 75.9 Å². The molecule has 5 nitrogen and oxygen atoms in total. The average molecular weight is 323 g/mol. The predicted octanol–water partition coefficient (Wildman–Crippen LogP) is 3.89. The minimum absolute atomic E-state index is 0.119. The summed E-state index contributed by atoms with van der Waals surface area (Å²) in [5.74, 6) is 1.73. The Morgan fingerprint density at radius 3 is 2.75 bits per heavy atom. The van der Waals surface area contributed by atoms with Crippen LogP contribution < -0.4 is 4.74 Å². The Balaban J connectivity index is 2.18. The molecule has 0 fully saturated rings. The number of rotatable bonds is 7. The fraction of sp³-hybridized carbons (Fsp3) is 0.368. The van der Waals surface area contributed by atoms with Crippen molar-refractivity contribution in [3.8, 4) is 23.1 Å². The molecule has 0 aliphatic rings. The first-order valence-corrected chi connectivity index (χ1v) is 7.99. The number of aromatic nitrogens is 2. The first kappa shape index (κ1) is 17.6. The van der Waals surface area contributed by atoms with Crippen LogP contribution in [0.4, 0.5) is 0 Å². The largest absolute Gasteiger partial charge is 0.492 e. The van der Waals surface area contributed by atoms with Crippen LogP contribution in [0, 0.1) is 23.2 Å². The van der Waals surface area contributed by atoms with Gasteiger partial charge >= 0.3 is 0 Å². The van der Waals surface area contributed by atoms with Crippen molar-refractivity contribution < 1.29 is 9.53 Å². The zero-order chi connectivity index (χ0) is 17.5. The minimum Gasteiger partial charge on any atom is -0.492 e. The van der Waals surface area contributed by atoms with Crippen molar-refractivity contribution >= 4 is 6.29 Å². The molecular weight excluding hydrogens is 302 g/mol. The Kier molecular flexibility index (Phi) is 6.02. The summed E-state index contributed by atoms with van der Waals surface area (Å²) in [6.07, 6.45) is 3.20. The number of aldehydes is 1. The molecule has 0 amide bonds. The molecule has 1 atom stereocenters. The van der Waals surface area contributed by atoms with E-state index in [1.54, 1.807) is 18.2 Å². The van der Waals surface area contributed by atoms with E-state index in [1.807, 2.05) is 6.07 Å². The van der Waals surface area contributed by atoms with E-state index in [2.05, 4.69) is 36.8 Å². The highest BCUT2D eigenvalue weighted by Gasteiger charge is 2.11. The number of ether oxygens (including phenoxy) is 1. The van der Waals surface area contributed by atoms with Crippen molar-refractivity contribution in [2.45, 2.75) is 27.2 Å². The fourth-order valence-electron chi connectivity index (χ4n) is 2.60. The van der Waals surface area contributed by atoms with Crippen LogP contribution in [0.2, 0.25) is 0 Å². The Bertz CT molecular complexity index is 751. The number of nitrogens with zero attached hydrogens (tertiary/aromatic N) is 3. The van der Waals surface area contributed by atoms with Crippen molar-refractivity contribution in [1.82, 2.24) is 9.97 Å². The number of hydrogen-bond acceptors (Lipinski definition) is 5. The summed E-state index contributed by atoms with van der Waals surface area (Å²) < 4.78 is 5.82. The van der Waals surface area contributed by atoms with E-state index < -0.39 is 0 Å². The van der Waals surface area contributed by atoms with Gasteiger partial charge in [0.1, 0.15) is 11.8 Å². The SMILES string of the molecule is CC(C)C[C@@H](C)COc1ccc(-c2ccnc(C=O)n2)cc1C#N. The van der Waals surface area contributed by atoms with E-state index in [-0.39, 0.29) is 5.82 Å². The molecule has 0 saturated heterocycles. The van der Waals surface area contributed by atoms with Gasteiger partial charge < -0.3 is 4.74 Å². The molecule has 0 saturated carbocycles. The highest BCUT2D eigenvalue weighted by atomic mass is 16.5. The van der Waals surface area contributed by atoms with Gasteiger partial charge in [0.05, 0.1) is 17.9 Å². The Morgan fingerprint density at radius 2 is 2.08 bits per heavy atom. The molecule has 124 valence electrons. The zero-order valence-electron chi connectivity index (χ0n) is 14.2. The van der Waals surface area contributed by atoms with Crippen LogP contribution in [0.15, 0.2) is 30.5 Å². The maximum atomic E-state index is 10.8. The number of nitriles is 1. The molecule has 5 heteroatoms. The van der Waals surface area contributed by atoms with Crippen LogP contribution in [0.5, 0.6) is 5.75 Å². The molecule has 1 aromatic heterocycles. The van der Waals surface area contributed by atoms with Gasteiger partial charge in [-0.3, -0.25) is 4.79 Å². The van der Waals surface area contributed by atoms with Crippen LogP contribution in [0.1, 0.15) is 43.4 Å². The summed E-state index contributed by atoms with van der Waals surface area (Å²) in [5.41, 5.74) is 1.80. The second kappa shape index (κ2) is 8.21. The molecule has 0 bridgehead atoms. The molecule has 0 unspecified atom stereocenters. The van der Waals surface area contributed by atoms with Crippen molar-refractivity contribution in [3.05, 3.63) is 41.9 Å². The molecular formula is C19H21N3O2. The van der Waals surface area contributed by atoms with Crippen LogP contribution in [-0.4, -0.2) is 22.9 Å². The van der Waals surface area contributed by atoms with Gasteiger partial charge in [-0.25, -0.2) is 9.97 Å². The Labute approximate surface area is 142 Å². The van der Waals surface area contributed by atoms with Gasteiger partial charge in [0.15, 0.2) is 12.1 Å². The van der Waals surface area contributed by atoms with E-state index in [4.69, 9.17) is 4.74 Å². The fourth-order valence-corrected chi connectivity index (χ4v) is 2.60. The van der Waals surface area contributed by atoms with Crippen molar-refractivity contribution in [3.63, 3.8) is 0 Å². The summed E-state index contributed by atoms with van der Waals surface area (Å²) in [6, 6.07) is 9.20. The van der Waals surface area contributed by atoms with Crippen LogP contribution in [0.3, 0.4) is 0 Å². The molecule has 1 aromatic carbocycles. The second-order valence-corrected chi connectivity index (χ2v) is 6.29. The standard InChI is InChI=1S/C19H21N3O2/c1-13(2)8-14(3)12-24-18-5-4-15(9-16(18)10-20)17-6-7-21-19(11-23)22-17/h4-7,9,11,13-14H,8,12H2,1-3H3/t14-/m1/s1. The summed E-state index contributed by atoms with van der Waals surface area (Å²) in [5, 5.41) is 9.38. The molecule has 2 rings (SSSR count). The molecule has 0 radical (unpaired) electrons. The number of hydrogen-bond donors (Lipinski definition) is 0. The normalized spacial score (nSPS) is 11.8. The van der Waals surface area contributed by atoms with E-state index in [1.165, 1.54) is 6.20 Å². The quantitative estimate of drug-likeness (QED) is 0.723. The smallest absolute Gasteiger partial charge is 0.193 e. The maximum Gasteiger partial charge on any atom is 0.193 e. The minimum atomic E-state index is 0.119. The summed E-state index contributed by atoms with van der Waals surface area (Å²) >= 11 is 0. The Morgan fingerprint density at radius 1 is 1.29 bits per heavy atom. The highest BCUT2D eigenvalue weighted by molar-refractivity contribution is 5.71. The monoisotopic (exact) mass is 323 g/mol. The van der Waals surface area contributed by atoms with Gasteiger partial charge in [-0.15, -0.1) is 0 Å². The lowest BCUT2D eigenvalue weighted by Gasteiger charge is -2.16. The zero-order valence-corrected chi connectivity index (χ0v) is 14.2. The molecule has 2 aromatic rings.